The van der Waals surface area contributed by atoms with Gasteiger partial charge in [0, 0.05) is 10.0 Å². The third-order valence-electron chi connectivity index (χ3n) is 3.83. The van der Waals surface area contributed by atoms with Gasteiger partial charge in [0.2, 0.25) is 5.90 Å². The minimum Gasteiger partial charge on any atom is -0.493 e. The van der Waals surface area contributed by atoms with Crippen LogP contribution >= 0.6 is 27.5 Å². The van der Waals surface area contributed by atoms with Gasteiger partial charge in [-0.05, 0) is 54.0 Å². The number of aliphatic imine (C=N–C) groups is 1. The number of benzene rings is 2. The SMILES string of the molecule is COc1cc(/C=C2\N=C(c3ccc(Br)cc3)OC2=O)cc(Cl)c1OCC(C)C. The van der Waals surface area contributed by atoms with Crippen LogP contribution in [-0.2, 0) is 9.53 Å². The third-order valence-corrected chi connectivity index (χ3v) is 4.64. The van der Waals surface area contributed by atoms with Crippen LogP contribution in [0.2, 0.25) is 5.02 Å². The van der Waals surface area contributed by atoms with Crippen LogP contribution in [0.1, 0.15) is 25.0 Å². The average Bonchev–Trinajstić information content (AvgIpc) is 3.01. The molecule has 146 valence electrons. The fourth-order valence-corrected chi connectivity index (χ4v) is 3.03. The quantitative estimate of drug-likeness (QED) is 0.419. The molecule has 28 heavy (non-hydrogen) atoms. The number of carbonyl (C=O) groups is 1. The Hall–Kier alpha value is -2.31. The van der Waals surface area contributed by atoms with Gasteiger partial charge in [-0.2, -0.15) is 0 Å². The zero-order valence-electron chi connectivity index (χ0n) is 15.7. The Morgan fingerprint density at radius 1 is 1.25 bits per heavy atom. The van der Waals surface area contributed by atoms with Gasteiger partial charge in [0.25, 0.3) is 0 Å². The molecule has 0 amide bonds. The summed E-state index contributed by atoms with van der Waals surface area (Å²) >= 11 is 9.74. The van der Waals surface area contributed by atoms with Crippen LogP contribution in [0.4, 0.5) is 0 Å². The molecule has 0 radical (unpaired) electrons. The highest BCUT2D eigenvalue weighted by atomic mass is 79.9. The minimum absolute atomic E-state index is 0.187. The van der Waals surface area contributed by atoms with E-state index in [1.165, 1.54) is 0 Å². The normalized spacial score (nSPS) is 15.0. The number of methoxy groups -OCH3 is 1. The van der Waals surface area contributed by atoms with E-state index in [-0.39, 0.29) is 11.6 Å². The molecule has 1 aliphatic heterocycles. The maximum absolute atomic E-state index is 12.2. The van der Waals surface area contributed by atoms with E-state index in [4.69, 9.17) is 25.8 Å². The van der Waals surface area contributed by atoms with E-state index in [9.17, 15) is 4.79 Å². The summed E-state index contributed by atoms with van der Waals surface area (Å²) in [6, 6.07) is 10.8. The molecular formula is C21H19BrClNO4. The van der Waals surface area contributed by atoms with Crippen molar-refractivity contribution in [3.63, 3.8) is 0 Å². The first-order valence-corrected chi connectivity index (χ1v) is 9.83. The lowest BCUT2D eigenvalue weighted by Crippen LogP contribution is -2.06. The van der Waals surface area contributed by atoms with E-state index in [0.717, 1.165) is 4.47 Å². The van der Waals surface area contributed by atoms with Crippen LogP contribution in [0, 0.1) is 5.92 Å². The van der Waals surface area contributed by atoms with E-state index in [1.54, 1.807) is 25.3 Å². The molecule has 2 aromatic rings. The van der Waals surface area contributed by atoms with Gasteiger partial charge in [-0.3, -0.25) is 0 Å². The molecule has 0 spiro atoms. The first kappa shape index (κ1) is 20.4. The van der Waals surface area contributed by atoms with Gasteiger partial charge in [0.15, 0.2) is 17.2 Å². The van der Waals surface area contributed by atoms with Gasteiger partial charge < -0.3 is 14.2 Å². The lowest BCUT2D eigenvalue weighted by molar-refractivity contribution is -0.129. The summed E-state index contributed by atoms with van der Waals surface area (Å²) in [5.41, 5.74) is 1.56. The van der Waals surface area contributed by atoms with Crippen LogP contribution in [0.15, 0.2) is 51.6 Å². The molecule has 0 fully saturated rings. The van der Waals surface area contributed by atoms with E-state index < -0.39 is 5.97 Å². The zero-order chi connectivity index (χ0) is 20.3. The molecule has 0 atom stereocenters. The largest absolute Gasteiger partial charge is 0.493 e. The third kappa shape index (κ3) is 4.75. The summed E-state index contributed by atoms with van der Waals surface area (Å²) in [7, 11) is 1.54. The van der Waals surface area contributed by atoms with Crippen molar-refractivity contribution in [2.45, 2.75) is 13.8 Å². The van der Waals surface area contributed by atoms with Crippen molar-refractivity contribution in [1.82, 2.24) is 0 Å². The van der Waals surface area contributed by atoms with Crippen molar-refractivity contribution in [2.75, 3.05) is 13.7 Å². The van der Waals surface area contributed by atoms with Gasteiger partial charge in [0.05, 0.1) is 18.7 Å². The Labute approximate surface area is 177 Å². The Morgan fingerprint density at radius 2 is 1.96 bits per heavy atom. The standard InChI is InChI=1S/C21H19BrClNO4/c1-12(2)11-27-19-16(23)8-13(10-18(19)26-3)9-17-21(25)28-20(24-17)14-4-6-15(22)7-5-14/h4-10,12H,11H2,1-3H3/b17-9-. The number of hydrogen-bond donors (Lipinski definition) is 0. The second kappa shape index (κ2) is 8.80. The fourth-order valence-electron chi connectivity index (χ4n) is 2.50. The number of nitrogens with zero attached hydrogens (tertiary/aromatic N) is 1. The van der Waals surface area contributed by atoms with Gasteiger partial charge in [0.1, 0.15) is 0 Å². The maximum Gasteiger partial charge on any atom is 0.363 e. The van der Waals surface area contributed by atoms with Crippen molar-refractivity contribution in [3.05, 3.63) is 62.7 Å². The second-order valence-electron chi connectivity index (χ2n) is 6.58. The van der Waals surface area contributed by atoms with Crippen molar-refractivity contribution in [3.8, 4) is 11.5 Å². The predicted molar refractivity (Wildman–Crippen MR) is 113 cm³/mol. The number of ether oxygens (including phenoxy) is 3. The molecule has 0 saturated carbocycles. The van der Waals surface area contributed by atoms with Crippen LogP contribution in [0.5, 0.6) is 11.5 Å². The van der Waals surface area contributed by atoms with Crippen LogP contribution in [0.25, 0.3) is 6.08 Å². The topological polar surface area (TPSA) is 57.1 Å². The molecule has 0 bridgehead atoms. The summed E-state index contributed by atoms with van der Waals surface area (Å²) < 4.78 is 17.4. The molecule has 0 N–H and O–H groups in total. The summed E-state index contributed by atoms with van der Waals surface area (Å²) in [5.74, 6) is 1.06. The van der Waals surface area contributed by atoms with Crippen molar-refractivity contribution >= 4 is 45.5 Å². The number of cyclic esters (lactones) is 1. The van der Waals surface area contributed by atoms with Crippen molar-refractivity contribution < 1.29 is 19.0 Å². The molecule has 0 unspecified atom stereocenters. The highest BCUT2D eigenvalue weighted by molar-refractivity contribution is 9.10. The van der Waals surface area contributed by atoms with Crippen LogP contribution in [0.3, 0.4) is 0 Å². The molecule has 1 aliphatic rings. The van der Waals surface area contributed by atoms with E-state index in [0.29, 0.717) is 40.2 Å². The van der Waals surface area contributed by atoms with Crippen LogP contribution < -0.4 is 9.47 Å². The predicted octanol–water partition coefficient (Wildman–Crippen LogP) is 5.49. The zero-order valence-corrected chi connectivity index (χ0v) is 18.0. The second-order valence-corrected chi connectivity index (χ2v) is 7.90. The Balaban J connectivity index is 1.91. The molecule has 7 heteroatoms. The Bertz CT molecular complexity index is 952. The molecule has 0 aromatic heterocycles. The molecular weight excluding hydrogens is 446 g/mol. The molecule has 0 aliphatic carbocycles. The van der Waals surface area contributed by atoms with E-state index in [2.05, 4.69) is 20.9 Å². The monoisotopic (exact) mass is 463 g/mol. The van der Waals surface area contributed by atoms with E-state index in [1.807, 2.05) is 38.1 Å². The summed E-state index contributed by atoms with van der Waals surface area (Å²) in [5, 5.41) is 0.398. The lowest BCUT2D eigenvalue weighted by Gasteiger charge is -2.14. The molecule has 0 saturated heterocycles. The van der Waals surface area contributed by atoms with Crippen LogP contribution in [-0.4, -0.2) is 25.6 Å². The fraction of sp³-hybridized carbons (Fsp3) is 0.238. The summed E-state index contributed by atoms with van der Waals surface area (Å²) in [4.78, 5) is 16.5. The summed E-state index contributed by atoms with van der Waals surface area (Å²) in [6.45, 7) is 4.61. The first-order chi connectivity index (χ1) is 13.4. The van der Waals surface area contributed by atoms with Gasteiger partial charge in [-0.1, -0.05) is 41.4 Å². The summed E-state index contributed by atoms with van der Waals surface area (Å²) in [6.07, 6.45) is 1.61. The minimum atomic E-state index is -0.520. The molecule has 5 nitrogen and oxygen atoms in total. The molecule has 1 heterocycles. The number of hydrogen-bond acceptors (Lipinski definition) is 5. The maximum atomic E-state index is 12.2. The van der Waals surface area contributed by atoms with E-state index >= 15 is 0 Å². The van der Waals surface area contributed by atoms with Gasteiger partial charge >= 0.3 is 5.97 Å². The van der Waals surface area contributed by atoms with Crippen molar-refractivity contribution in [1.29, 1.82) is 0 Å². The first-order valence-electron chi connectivity index (χ1n) is 8.66. The lowest BCUT2D eigenvalue weighted by atomic mass is 10.1. The van der Waals surface area contributed by atoms with Crippen molar-refractivity contribution in [2.24, 2.45) is 10.9 Å². The molecule has 3 rings (SSSR count). The van der Waals surface area contributed by atoms with Gasteiger partial charge in [-0.25, -0.2) is 9.79 Å². The van der Waals surface area contributed by atoms with Gasteiger partial charge in [-0.15, -0.1) is 0 Å². The number of esters is 1. The highest BCUT2D eigenvalue weighted by Gasteiger charge is 2.24. The Morgan fingerprint density at radius 3 is 2.61 bits per heavy atom. The molecule has 2 aromatic carbocycles. The average molecular weight is 465 g/mol. The number of rotatable bonds is 6. The number of carbonyl (C=O) groups excluding carboxylic acids is 1. The smallest absolute Gasteiger partial charge is 0.363 e. The number of halogens is 2. The Kier molecular flexibility index (Phi) is 6.42. The highest BCUT2D eigenvalue weighted by Crippen LogP contribution is 2.37.